The minimum absolute atomic E-state index is 0.265. The largest absolute Gasteiger partial charge is 0.384 e. The van der Waals surface area contributed by atoms with Crippen molar-refractivity contribution in [1.82, 2.24) is 10.2 Å². The number of nitrogens with two attached hydrogens (primary N) is 2. The number of nitrogens with zero attached hydrogens (tertiary/aromatic N) is 2. The molecule has 0 radical (unpaired) electrons. The molecule has 1 aliphatic heterocycles. The number of hydrazine groups is 1. The number of hydrogen-bond acceptors (Lipinski definition) is 5. The van der Waals surface area contributed by atoms with Gasteiger partial charge in [-0.05, 0) is 19.1 Å². The van der Waals surface area contributed by atoms with Crippen LogP contribution < -0.4 is 11.5 Å². The Morgan fingerprint density at radius 3 is 2.36 bits per heavy atom. The zero-order valence-corrected chi connectivity index (χ0v) is 6.36. The van der Waals surface area contributed by atoms with Gasteiger partial charge in [-0.2, -0.15) is 0 Å². The predicted octanol–water partition coefficient (Wildman–Crippen LogP) is -0.472. The van der Waals surface area contributed by atoms with Crippen LogP contribution in [0.25, 0.3) is 0 Å². The molecular weight excluding hydrogens is 144 g/mol. The van der Waals surface area contributed by atoms with Crippen molar-refractivity contribution in [2.75, 3.05) is 6.54 Å². The van der Waals surface area contributed by atoms with Crippen LogP contribution in [0.2, 0.25) is 0 Å². The van der Waals surface area contributed by atoms with E-state index in [2.05, 4.69) is 0 Å². The van der Waals surface area contributed by atoms with E-state index in [9.17, 15) is 5.21 Å². The summed E-state index contributed by atoms with van der Waals surface area (Å²) in [5.41, 5.74) is 10.9. The monoisotopic (exact) mass is 156 g/mol. The van der Waals surface area contributed by atoms with Crippen molar-refractivity contribution in [1.29, 1.82) is 0 Å². The average Bonchev–Trinajstić information content (AvgIpc) is 1.99. The molecule has 0 aromatic heterocycles. The first-order valence-electron chi connectivity index (χ1n) is 3.36. The van der Waals surface area contributed by atoms with E-state index in [1.54, 1.807) is 12.2 Å². The summed E-state index contributed by atoms with van der Waals surface area (Å²) in [4.78, 5) is 0. The molecule has 0 bridgehead atoms. The highest BCUT2D eigenvalue weighted by molar-refractivity contribution is 5.16. The summed E-state index contributed by atoms with van der Waals surface area (Å²) in [6.45, 7) is 2.44. The van der Waals surface area contributed by atoms with Crippen LogP contribution in [-0.4, -0.2) is 21.9 Å². The van der Waals surface area contributed by atoms with Crippen molar-refractivity contribution in [3.8, 4) is 0 Å². The quantitative estimate of drug-likeness (QED) is 0.478. The smallest absolute Gasteiger partial charge is 0.148 e. The summed E-state index contributed by atoms with van der Waals surface area (Å²) in [5.74, 6) is 0.741. The Balaban J connectivity index is 2.84. The lowest BCUT2D eigenvalue weighted by molar-refractivity contribution is -0.202. The Kier molecular flexibility index (Phi) is 1.91. The molecule has 62 valence electrons. The molecule has 0 spiro atoms. The Morgan fingerprint density at radius 2 is 1.91 bits per heavy atom. The van der Waals surface area contributed by atoms with E-state index >= 15 is 0 Å². The van der Waals surface area contributed by atoms with E-state index in [0.717, 1.165) is 5.17 Å². The third kappa shape index (κ3) is 1.22. The molecule has 0 aromatic rings. The SMILES string of the molecule is CCN1C(N)=CC=C(N)N1O. The lowest BCUT2D eigenvalue weighted by atomic mass is 10.4. The molecular formula is C6H12N4O. The van der Waals surface area contributed by atoms with Crippen LogP contribution in [0.5, 0.6) is 0 Å². The second-order valence-electron chi connectivity index (χ2n) is 2.19. The Labute approximate surface area is 65.1 Å². The van der Waals surface area contributed by atoms with Gasteiger partial charge in [-0.15, -0.1) is 5.17 Å². The summed E-state index contributed by atoms with van der Waals surface area (Å²) in [5, 5.41) is 11.5. The van der Waals surface area contributed by atoms with Crippen molar-refractivity contribution >= 4 is 0 Å². The minimum atomic E-state index is 0.265. The van der Waals surface area contributed by atoms with Crippen LogP contribution in [0.1, 0.15) is 6.92 Å². The highest BCUT2D eigenvalue weighted by atomic mass is 16.6. The molecule has 0 fully saturated rings. The molecule has 0 aliphatic carbocycles. The van der Waals surface area contributed by atoms with Crippen LogP contribution >= 0.6 is 0 Å². The maximum Gasteiger partial charge on any atom is 0.148 e. The maximum atomic E-state index is 9.25. The number of rotatable bonds is 1. The summed E-state index contributed by atoms with van der Waals surface area (Å²) in [7, 11) is 0. The fourth-order valence-electron chi connectivity index (χ4n) is 0.889. The first kappa shape index (κ1) is 7.74. The molecule has 0 saturated carbocycles. The van der Waals surface area contributed by atoms with Crippen molar-refractivity contribution in [3.05, 3.63) is 23.8 Å². The Hall–Kier alpha value is -1.36. The Bertz CT molecular complexity index is 211. The van der Waals surface area contributed by atoms with Gasteiger partial charge in [0.25, 0.3) is 0 Å². The minimum Gasteiger partial charge on any atom is -0.384 e. The van der Waals surface area contributed by atoms with Gasteiger partial charge in [0.05, 0.1) is 0 Å². The molecule has 0 amide bonds. The van der Waals surface area contributed by atoms with Gasteiger partial charge >= 0.3 is 0 Å². The van der Waals surface area contributed by atoms with Crippen LogP contribution in [-0.2, 0) is 0 Å². The fraction of sp³-hybridized carbons (Fsp3) is 0.333. The fourth-order valence-corrected chi connectivity index (χ4v) is 0.889. The zero-order chi connectivity index (χ0) is 8.43. The van der Waals surface area contributed by atoms with E-state index in [4.69, 9.17) is 11.5 Å². The van der Waals surface area contributed by atoms with E-state index in [0.29, 0.717) is 12.4 Å². The standard InChI is InChI=1S/C6H12N4O/c1-2-9-5(7)3-4-6(8)10(9)11/h3-4,11H,2,7-8H2,1H3. The number of hydrogen-bond donors (Lipinski definition) is 3. The van der Waals surface area contributed by atoms with Crippen molar-refractivity contribution in [2.24, 2.45) is 11.5 Å². The van der Waals surface area contributed by atoms with Crippen molar-refractivity contribution in [2.45, 2.75) is 6.92 Å². The third-order valence-corrected chi connectivity index (χ3v) is 1.48. The lowest BCUT2D eigenvalue weighted by Gasteiger charge is -2.33. The van der Waals surface area contributed by atoms with E-state index < -0.39 is 0 Å². The number of hydroxylamine groups is 1. The molecule has 5 nitrogen and oxygen atoms in total. The van der Waals surface area contributed by atoms with Gasteiger partial charge in [0, 0.05) is 6.54 Å². The van der Waals surface area contributed by atoms with Gasteiger partial charge in [0.2, 0.25) is 0 Å². The molecule has 5 N–H and O–H groups in total. The molecule has 0 aromatic carbocycles. The van der Waals surface area contributed by atoms with Crippen molar-refractivity contribution < 1.29 is 5.21 Å². The lowest BCUT2D eigenvalue weighted by Crippen LogP contribution is -2.45. The molecule has 11 heavy (non-hydrogen) atoms. The highest BCUT2D eigenvalue weighted by Gasteiger charge is 2.16. The summed E-state index contributed by atoms with van der Waals surface area (Å²) < 4.78 is 0. The van der Waals surface area contributed by atoms with Gasteiger partial charge in [-0.1, -0.05) is 0 Å². The molecule has 1 rings (SSSR count). The normalized spacial score (nSPS) is 18.0. The first-order chi connectivity index (χ1) is 5.16. The number of allylic oxidation sites excluding steroid dienone is 2. The van der Waals surface area contributed by atoms with Crippen LogP contribution in [0.15, 0.2) is 23.8 Å². The van der Waals surface area contributed by atoms with Gasteiger partial charge < -0.3 is 11.5 Å². The maximum absolute atomic E-state index is 9.25. The van der Waals surface area contributed by atoms with Crippen LogP contribution in [0.4, 0.5) is 0 Å². The van der Waals surface area contributed by atoms with Crippen LogP contribution in [0, 0.1) is 0 Å². The highest BCUT2D eigenvalue weighted by Crippen LogP contribution is 2.10. The van der Waals surface area contributed by atoms with E-state index in [-0.39, 0.29) is 5.82 Å². The van der Waals surface area contributed by atoms with E-state index in [1.165, 1.54) is 5.01 Å². The van der Waals surface area contributed by atoms with Gasteiger partial charge in [-0.3, -0.25) is 5.21 Å². The second kappa shape index (κ2) is 2.71. The zero-order valence-electron chi connectivity index (χ0n) is 6.36. The Morgan fingerprint density at radius 1 is 1.36 bits per heavy atom. The van der Waals surface area contributed by atoms with Gasteiger partial charge in [0.1, 0.15) is 11.6 Å². The molecule has 1 aliphatic rings. The van der Waals surface area contributed by atoms with E-state index in [1.807, 2.05) is 6.92 Å². The molecule has 0 atom stereocenters. The van der Waals surface area contributed by atoms with Gasteiger partial charge in [-0.25, -0.2) is 5.01 Å². The topological polar surface area (TPSA) is 78.8 Å². The second-order valence-corrected chi connectivity index (χ2v) is 2.19. The first-order valence-corrected chi connectivity index (χ1v) is 3.36. The predicted molar refractivity (Wildman–Crippen MR) is 40.5 cm³/mol. The molecule has 1 heterocycles. The van der Waals surface area contributed by atoms with Crippen molar-refractivity contribution in [3.63, 3.8) is 0 Å². The summed E-state index contributed by atoms with van der Waals surface area (Å²) in [6, 6.07) is 0. The molecule has 0 unspecified atom stereocenters. The van der Waals surface area contributed by atoms with Gasteiger partial charge in [0.15, 0.2) is 0 Å². The summed E-state index contributed by atoms with van der Waals surface area (Å²) in [6.07, 6.45) is 3.19. The third-order valence-electron chi connectivity index (χ3n) is 1.48. The molecule has 5 heteroatoms. The molecule has 0 saturated heterocycles. The summed E-state index contributed by atoms with van der Waals surface area (Å²) >= 11 is 0. The van der Waals surface area contributed by atoms with Crippen LogP contribution in [0.3, 0.4) is 0 Å². The average molecular weight is 156 g/mol.